The molecule has 2 heteroatoms. The van der Waals surface area contributed by atoms with Crippen LogP contribution in [0.5, 0.6) is 0 Å². The van der Waals surface area contributed by atoms with Gasteiger partial charge in [-0.1, -0.05) is 24.3 Å². The number of aryl methyl sites for hydroxylation is 1. The Morgan fingerprint density at radius 1 is 1.19 bits per heavy atom. The lowest BCUT2D eigenvalue weighted by Gasteiger charge is -2.26. The van der Waals surface area contributed by atoms with Crippen LogP contribution in [0, 0.1) is 5.92 Å². The molecule has 0 spiro atoms. The Balaban J connectivity index is 1.47. The Labute approximate surface area is 129 Å². The molecule has 1 fully saturated rings. The van der Waals surface area contributed by atoms with Gasteiger partial charge in [0, 0.05) is 19.1 Å². The van der Waals surface area contributed by atoms with Crippen LogP contribution in [0.3, 0.4) is 0 Å². The summed E-state index contributed by atoms with van der Waals surface area (Å²) in [5, 5.41) is 3.77. The molecule has 3 rings (SSSR count). The van der Waals surface area contributed by atoms with Crippen molar-refractivity contribution in [3.05, 3.63) is 35.4 Å². The Hall–Kier alpha value is -0.860. The third-order valence-electron chi connectivity index (χ3n) is 5.36. The maximum Gasteiger partial charge on any atom is 0.00387 e. The smallest absolute Gasteiger partial charge is 0.00387 e. The van der Waals surface area contributed by atoms with Gasteiger partial charge in [-0.05, 0) is 75.6 Å². The summed E-state index contributed by atoms with van der Waals surface area (Å²) < 4.78 is 0. The van der Waals surface area contributed by atoms with E-state index < -0.39 is 0 Å². The first-order valence-electron chi connectivity index (χ1n) is 8.76. The molecule has 0 bridgehead atoms. The molecule has 2 aliphatic rings. The molecule has 21 heavy (non-hydrogen) atoms. The van der Waals surface area contributed by atoms with Crippen molar-refractivity contribution in [2.75, 3.05) is 26.2 Å². The molecule has 1 aromatic rings. The first-order valence-corrected chi connectivity index (χ1v) is 8.76. The highest BCUT2D eigenvalue weighted by Crippen LogP contribution is 2.30. The van der Waals surface area contributed by atoms with E-state index in [1.807, 2.05) is 0 Å². The predicted octanol–water partition coefficient (Wildman–Crippen LogP) is 3.43. The second kappa shape index (κ2) is 6.93. The van der Waals surface area contributed by atoms with Crippen LogP contribution in [0.1, 0.15) is 50.2 Å². The normalized spacial score (nSPS) is 26.2. The molecule has 0 aromatic heterocycles. The largest absolute Gasteiger partial charge is 0.316 e. The Bertz CT molecular complexity index is 455. The molecule has 1 saturated heterocycles. The molecule has 1 aliphatic carbocycles. The van der Waals surface area contributed by atoms with Gasteiger partial charge in [-0.2, -0.15) is 0 Å². The van der Waals surface area contributed by atoms with Crippen molar-refractivity contribution in [2.24, 2.45) is 5.92 Å². The molecule has 116 valence electrons. The summed E-state index contributed by atoms with van der Waals surface area (Å²) in [6.45, 7) is 9.56. The molecule has 1 N–H and O–H groups in total. The number of nitrogens with zero attached hydrogens (tertiary/aromatic N) is 1. The molecule has 0 amide bonds. The zero-order chi connectivity index (χ0) is 14.7. The fraction of sp³-hybridized carbons (Fsp3) is 0.684. The molecule has 1 heterocycles. The third-order valence-corrected chi connectivity index (χ3v) is 5.36. The average Bonchev–Trinajstić information content (AvgIpc) is 2.97. The van der Waals surface area contributed by atoms with Crippen LogP contribution in [0.4, 0.5) is 0 Å². The van der Waals surface area contributed by atoms with Gasteiger partial charge in [0.15, 0.2) is 0 Å². The lowest BCUT2D eigenvalue weighted by atomic mass is 9.83. The summed E-state index contributed by atoms with van der Waals surface area (Å²) in [5.74, 6) is 1.59. The highest BCUT2D eigenvalue weighted by atomic mass is 15.2. The molecular weight excluding hydrogens is 256 g/mol. The lowest BCUT2D eigenvalue weighted by molar-refractivity contribution is 0.263. The summed E-state index contributed by atoms with van der Waals surface area (Å²) in [6, 6.07) is 9.76. The van der Waals surface area contributed by atoms with E-state index in [0.717, 1.165) is 18.4 Å². The maximum atomic E-state index is 3.77. The van der Waals surface area contributed by atoms with E-state index >= 15 is 0 Å². The Morgan fingerprint density at radius 3 is 2.86 bits per heavy atom. The fourth-order valence-corrected chi connectivity index (χ4v) is 4.03. The van der Waals surface area contributed by atoms with E-state index in [0.29, 0.717) is 6.04 Å². The SMILES string of the molecule is CC(C)N1CCC(CNCC2CCCc3ccccc32)C1. The molecule has 1 aliphatic heterocycles. The minimum Gasteiger partial charge on any atom is -0.316 e. The van der Waals surface area contributed by atoms with Gasteiger partial charge in [0.1, 0.15) is 0 Å². The van der Waals surface area contributed by atoms with E-state index in [9.17, 15) is 0 Å². The van der Waals surface area contributed by atoms with Gasteiger partial charge in [-0.25, -0.2) is 0 Å². The van der Waals surface area contributed by atoms with Crippen LogP contribution in [-0.4, -0.2) is 37.1 Å². The van der Waals surface area contributed by atoms with Crippen LogP contribution in [0.15, 0.2) is 24.3 Å². The van der Waals surface area contributed by atoms with Gasteiger partial charge in [0.05, 0.1) is 0 Å². The van der Waals surface area contributed by atoms with E-state index in [1.165, 1.54) is 45.3 Å². The molecule has 0 saturated carbocycles. The first-order chi connectivity index (χ1) is 10.2. The van der Waals surface area contributed by atoms with Crippen molar-refractivity contribution in [2.45, 2.75) is 51.5 Å². The van der Waals surface area contributed by atoms with Crippen molar-refractivity contribution in [3.8, 4) is 0 Å². The Morgan fingerprint density at radius 2 is 2.05 bits per heavy atom. The second-order valence-corrected chi connectivity index (χ2v) is 7.19. The Kier molecular flexibility index (Phi) is 4.97. The van der Waals surface area contributed by atoms with Crippen LogP contribution in [-0.2, 0) is 6.42 Å². The molecular formula is C19H30N2. The van der Waals surface area contributed by atoms with Crippen LogP contribution in [0.25, 0.3) is 0 Å². The highest BCUT2D eigenvalue weighted by Gasteiger charge is 2.24. The summed E-state index contributed by atoms with van der Waals surface area (Å²) in [6.07, 6.45) is 5.35. The average molecular weight is 286 g/mol. The van der Waals surface area contributed by atoms with Gasteiger partial charge in [-0.15, -0.1) is 0 Å². The zero-order valence-electron chi connectivity index (χ0n) is 13.6. The number of likely N-dealkylation sites (tertiary alicyclic amines) is 1. The number of fused-ring (bicyclic) bond motifs is 1. The van der Waals surface area contributed by atoms with E-state index in [4.69, 9.17) is 0 Å². The summed E-state index contributed by atoms with van der Waals surface area (Å²) >= 11 is 0. The minimum atomic E-state index is 0.709. The topological polar surface area (TPSA) is 15.3 Å². The van der Waals surface area contributed by atoms with Gasteiger partial charge < -0.3 is 10.2 Å². The minimum absolute atomic E-state index is 0.709. The monoisotopic (exact) mass is 286 g/mol. The molecule has 1 aromatic carbocycles. The van der Waals surface area contributed by atoms with Crippen LogP contribution >= 0.6 is 0 Å². The number of nitrogens with one attached hydrogen (secondary N) is 1. The zero-order valence-corrected chi connectivity index (χ0v) is 13.6. The second-order valence-electron chi connectivity index (χ2n) is 7.19. The van der Waals surface area contributed by atoms with Crippen molar-refractivity contribution in [3.63, 3.8) is 0 Å². The van der Waals surface area contributed by atoms with Gasteiger partial charge in [0.2, 0.25) is 0 Å². The standard InChI is InChI=1S/C19H30N2/c1-15(2)21-11-10-16(14-21)12-20-13-18-8-5-7-17-6-3-4-9-19(17)18/h3-4,6,9,15-16,18,20H,5,7-8,10-14H2,1-2H3. The van der Waals surface area contributed by atoms with Gasteiger partial charge in [-0.3, -0.25) is 0 Å². The summed E-state index contributed by atoms with van der Waals surface area (Å²) in [5.41, 5.74) is 3.19. The summed E-state index contributed by atoms with van der Waals surface area (Å²) in [7, 11) is 0. The molecule has 0 radical (unpaired) electrons. The molecule has 2 atom stereocenters. The lowest BCUT2D eigenvalue weighted by Crippen LogP contribution is -2.32. The number of benzene rings is 1. The summed E-state index contributed by atoms with van der Waals surface area (Å²) in [4.78, 5) is 2.61. The fourth-order valence-electron chi connectivity index (χ4n) is 4.03. The molecule has 2 nitrogen and oxygen atoms in total. The maximum absolute atomic E-state index is 3.77. The van der Waals surface area contributed by atoms with Crippen molar-refractivity contribution >= 4 is 0 Å². The quantitative estimate of drug-likeness (QED) is 0.892. The first kappa shape index (κ1) is 15.1. The number of rotatable bonds is 5. The van der Waals surface area contributed by atoms with Crippen molar-refractivity contribution in [1.82, 2.24) is 10.2 Å². The third kappa shape index (κ3) is 3.67. The van der Waals surface area contributed by atoms with Gasteiger partial charge in [0.25, 0.3) is 0 Å². The van der Waals surface area contributed by atoms with Crippen molar-refractivity contribution < 1.29 is 0 Å². The van der Waals surface area contributed by atoms with E-state index in [2.05, 4.69) is 48.3 Å². The van der Waals surface area contributed by atoms with E-state index in [-0.39, 0.29) is 0 Å². The molecule has 2 unspecified atom stereocenters. The van der Waals surface area contributed by atoms with Crippen LogP contribution < -0.4 is 5.32 Å². The predicted molar refractivity (Wildman–Crippen MR) is 89.8 cm³/mol. The highest BCUT2D eigenvalue weighted by molar-refractivity contribution is 5.32. The van der Waals surface area contributed by atoms with E-state index in [1.54, 1.807) is 11.1 Å². The van der Waals surface area contributed by atoms with Crippen molar-refractivity contribution in [1.29, 1.82) is 0 Å². The van der Waals surface area contributed by atoms with Crippen LogP contribution in [0.2, 0.25) is 0 Å². The number of hydrogen-bond acceptors (Lipinski definition) is 2. The number of hydrogen-bond donors (Lipinski definition) is 1. The van der Waals surface area contributed by atoms with Gasteiger partial charge >= 0.3 is 0 Å².